The van der Waals surface area contributed by atoms with E-state index in [9.17, 15) is 49.8 Å². The highest BCUT2D eigenvalue weighted by Gasteiger charge is 2.74. The summed E-state index contributed by atoms with van der Waals surface area (Å²) in [7, 11) is -3.97. The monoisotopic (exact) mass is 767 g/mol. The zero-order chi connectivity index (χ0) is 38.6. The standard InChI is InChI=1S/C39H43F6NO6S/c1-33-14-11-27(47)20-35(33)17-18-37(29(21-35)32(48)25-5-4-6-26(19-25)38(40,41)42)30(33)12-15-34(2)31(37)13-16-36(34,49)23-46(53(3,50)51)22-24-7-9-28(10-8-24)52-39(43,44)45/h4-10,17-19,21,27,30-31,47,49H,11-16,20,22-23H2,1-3H3. The number of hydrogen-bond donors (Lipinski definition) is 2. The van der Waals surface area contributed by atoms with Crippen LogP contribution in [0.5, 0.6) is 5.75 Å². The number of ketones is 1. The number of carbonyl (C=O) groups is 1. The highest BCUT2D eigenvalue weighted by Crippen LogP contribution is 2.78. The molecule has 2 bridgehead atoms. The lowest BCUT2D eigenvalue weighted by molar-refractivity contribution is -0.274. The lowest BCUT2D eigenvalue weighted by atomic mass is 9.32. The molecule has 53 heavy (non-hydrogen) atoms. The number of allylic oxidation sites excluding steroid dienone is 4. The summed E-state index contributed by atoms with van der Waals surface area (Å²) in [4.78, 5) is 14.7. The predicted octanol–water partition coefficient (Wildman–Crippen LogP) is 7.84. The van der Waals surface area contributed by atoms with Gasteiger partial charge in [-0.25, -0.2) is 8.42 Å². The second-order valence-electron chi connectivity index (χ2n) is 16.4. The van der Waals surface area contributed by atoms with Crippen molar-refractivity contribution in [2.75, 3.05) is 12.8 Å². The lowest BCUT2D eigenvalue weighted by Crippen LogP contribution is -2.67. The van der Waals surface area contributed by atoms with Crippen molar-refractivity contribution in [3.8, 4) is 5.75 Å². The first kappa shape index (κ1) is 38.1. The van der Waals surface area contributed by atoms with Crippen molar-refractivity contribution in [2.45, 2.75) is 89.6 Å². The second-order valence-corrected chi connectivity index (χ2v) is 18.4. The quantitative estimate of drug-likeness (QED) is 0.161. The van der Waals surface area contributed by atoms with Crippen molar-refractivity contribution in [3.05, 3.63) is 89.0 Å². The van der Waals surface area contributed by atoms with E-state index in [0.717, 1.165) is 34.8 Å². The van der Waals surface area contributed by atoms with Crippen molar-refractivity contribution >= 4 is 15.8 Å². The molecule has 2 N–H and O–H groups in total. The maximum absolute atomic E-state index is 14.7. The number of rotatable bonds is 8. The SMILES string of the molecule is CC12CCC(O)CC13C=CC1(C(C(=O)c4cccc(C(F)(F)F)c4)=C3)C2CCC2(C)C1CCC2(O)CN(Cc1ccc(OC(F)(F)F)cc1)S(C)(=O)=O. The van der Waals surface area contributed by atoms with Crippen LogP contribution in [0, 0.1) is 33.5 Å². The van der Waals surface area contributed by atoms with Crippen LogP contribution in [-0.4, -0.2) is 59.6 Å². The Morgan fingerprint density at radius 2 is 1.57 bits per heavy atom. The molecule has 3 saturated carbocycles. The van der Waals surface area contributed by atoms with Gasteiger partial charge < -0.3 is 14.9 Å². The lowest BCUT2D eigenvalue weighted by Gasteiger charge is -2.71. The van der Waals surface area contributed by atoms with Gasteiger partial charge in [0.05, 0.1) is 23.5 Å². The summed E-state index contributed by atoms with van der Waals surface area (Å²) in [5.41, 5.74) is -4.99. The molecule has 8 rings (SSSR count). The van der Waals surface area contributed by atoms with Crippen LogP contribution in [0.25, 0.3) is 0 Å². The first-order valence-electron chi connectivity index (χ1n) is 17.8. The van der Waals surface area contributed by atoms with Gasteiger partial charge in [-0.15, -0.1) is 13.2 Å². The number of benzene rings is 2. The molecule has 3 fully saturated rings. The number of Topliss-reactive ketones (excluding diaryl/α,β-unsaturated/α-hetero) is 1. The number of nitrogens with zero attached hydrogens (tertiary/aromatic N) is 1. The number of hydrogen-bond acceptors (Lipinski definition) is 6. The van der Waals surface area contributed by atoms with E-state index in [1.807, 2.05) is 19.1 Å². The van der Waals surface area contributed by atoms with E-state index in [1.165, 1.54) is 24.3 Å². The number of aliphatic hydroxyl groups excluding tert-OH is 1. The maximum atomic E-state index is 14.7. The molecule has 0 aliphatic heterocycles. The number of sulfonamides is 1. The molecule has 8 atom stereocenters. The van der Waals surface area contributed by atoms with Gasteiger partial charge in [-0.3, -0.25) is 4.79 Å². The van der Waals surface area contributed by atoms with Crippen LogP contribution in [0.2, 0.25) is 0 Å². The molecule has 14 heteroatoms. The first-order chi connectivity index (χ1) is 24.5. The Morgan fingerprint density at radius 1 is 0.925 bits per heavy atom. The molecule has 0 aromatic heterocycles. The van der Waals surface area contributed by atoms with E-state index in [-0.39, 0.29) is 31.0 Å². The Balaban J connectivity index is 1.28. The summed E-state index contributed by atoms with van der Waals surface area (Å²) in [5.74, 6) is -1.55. The minimum atomic E-state index is -4.90. The second kappa shape index (κ2) is 12.1. The van der Waals surface area contributed by atoms with Gasteiger partial charge in [0, 0.05) is 40.5 Å². The van der Waals surface area contributed by atoms with Gasteiger partial charge in [-0.05, 0) is 92.0 Å². The highest BCUT2D eigenvalue weighted by molar-refractivity contribution is 7.88. The number of ether oxygens (including phenoxy) is 1. The van der Waals surface area contributed by atoms with Crippen molar-refractivity contribution in [1.29, 1.82) is 0 Å². The number of aliphatic hydroxyl groups is 2. The molecular weight excluding hydrogens is 724 g/mol. The average molecular weight is 768 g/mol. The van der Waals surface area contributed by atoms with Gasteiger partial charge >= 0.3 is 12.5 Å². The maximum Gasteiger partial charge on any atom is 0.573 e. The number of carbonyl (C=O) groups excluding carboxylic acids is 1. The van der Waals surface area contributed by atoms with Gasteiger partial charge in [0.25, 0.3) is 0 Å². The Kier molecular flexibility index (Phi) is 8.73. The third-order valence-corrected chi connectivity index (χ3v) is 15.0. The van der Waals surface area contributed by atoms with Gasteiger partial charge in [0.15, 0.2) is 5.78 Å². The minimum Gasteiger partial charge on any atom is -0.406 e. The zero-order valence-corrected chi connectivity index (χ0v) is 30.4. The number of alkyl halides is 6. The molecule has 6 aliphatic carbocycles. The van der Waals surface area contributed by atoms with Crippen LogP contribution < -0.4 is 4.74 Å². The molecule has 0 heterocycles. The van der Waals surface area contributed by atoms with Gasteiger partial charge in [-0.1, -0.05) is 56.3 Å². The van der Waals surface area contributed by atoms with Gasteiger partial charge in [0.2, 0.25) is 10.0 Å². The molecule has 6 aliphatic rings. The zero-order valence-electron chi connectivity index (χ0n) is 29.6. The molecular formula is C39H43F6NO6S. The van der Waals surface area contributed by atoms with E-state index in [4.69, 9.17) is 0 Å². The van der Waals surface area contributed by atoms with Crippen molar-refractivity contribution in [3.63, 3.8) is 0 Å². The van der Waals surface area contributed by atoms with E-state index < -0.39 is 78.9 Å². The van der Waals surface area contributed by atoms with Crippen molar-refractivity contribution in [2.24, 2.45) is 33.5 Å². The molecule has 8 unspecified atom stereocenters. The van der Waals surface area contributed by atoms with Crippen LogP contribution in [0.15, 0.2) is 72.3 Å². The van der Waals surface area contributed by atoms with Crippen molar-refractivity contribution < 1.29 is 54.5 Å². The summed E-state index contributed by atoms with van der Waals surface area (Å²) >= 11 is 0. The fourth-order valence-corrected chi connectivity index (χ4v) is 12.0. The summed E-state index contributed by atoms with van der Waals surface area (Å²) in [5, 5.41) is 23.6. The van der Waals surface area contributed by atoms with Crippen LogP contribution in [0.1, 0.15) is 80.3 Å². The number of halogens is 6. The van der Waals surface area contributed by atoms with Crippen LogP contribution in [0.4, 0.5) is 26.3 Å². The Hall–Kier alpha value is -3.20. The first-order valence-corrected chi connectivity index (χ1v) is 19.7. The van der Waals surface area contributed by atoms with Gasteiger partial charge in [0.1, 0.15) is 5.75 Å². The molecule has 0 amide bonds. The Bertz CT molecular complexity index is 1980. The third kappa shape index (κ3) is 5.97. The van der Waals surface area contributed by atoms with Crippen LogP contribution >= 0.6 is 0 Å². The average Bonchev–Trinajstić information content (AvgIpc) is 3.33. The normalized spacial score (nSPS) is 36.5. The Morgan fingerprint density at radius 3 is 2.21 bits per heavy atom. The minimum absolute atomic E-state index is 0.106. The predicted molar refractivity (Wildman–Crippen MR) is 183 cm³/mol. The largest absolute Gasteiger partial charge is 0.573 e. The molecule has 2 spiro atoms. The third-order valence-electron chi connectivity index (χ3n) is 13.8. The molecule has 0 saturated heterocycles. The van der Waals surface area contributed by atoms with Crippen LogP contribution in [0.3, 0.4) is 0 Å². The number of fused-ring (bicyclic) bond motifs is 1. The fourth-order valence-electron chi connectivity index (χ4n) is 11.2. The summed E-state index contributed by atoms with van der Waals surface area (Å²) in [6.07, 6.45) is -0.0369. The molecule has 0 radical (unpaired) electrons. The van der Waals surface area contributed by atoms with Gasteiger partial charge in [-0.2, -0.15) is 17.5 Å². The van der Waals surface area contributed by atoms with E-state index >= 15 is 0 Å². The molecule has 288 valence electrons. The summed E-state index contributed by atoms with van der Waals surface area (Å²) in [6.45, 7) is 3.52. The molecule has 2 aromatic carbocycles. The Labute approximate surface area is 304 Å². The fraction of sp³-hybridized carbons (Fsp3) is 0.564. The molecule has 7 nitrogen and oxygen atoms in total. The van der Waals surface area contributed by atoms with E-state index in [1.54, 1.807) is 0 Å². The van der Waals surface area contributed by atoms with Crippen molar-refractivity contribution in [1.82, 2.24) is 4.31 Å². The smallest absolute Gasteiger partial charge is 0.406 e. The topological polar surface area (TPSA) is 104 Å². The van der Waals surface area contributed by atoms with E-state index in [0.29, 0.717) is 49.7 Å². The van der Waals surface area contributed by atoms with E-state index in [2.05, 4.69) is 17.7 Å². The highest BCUT2D eigenvalue weighted by atomic mass is 32.2. The summed E-state index contributed by atoms with van der Waals surface area (Å²) < 4.78 is 111. The molecule has 2 aromatic rings. The summed E-state index contributed by atoms with van der Waals surface area (Å²) in [6, 6.07) is 9.20. The van der Waals surface area contributed by atoms with Crippen LogP contribution in [-0.2, 0) is 22.7 Å².